The first-order valence-electron chi connectivity index (χ1n) is 7.93. The molecule has 1 unspecified atom stereocenters. The largest absolute Gasteiger partial charge is 0.352 e. The summed E-state index contributed by atoms with van der Waals surface area (Å²) >= 11 is 0. The number of likely N-dealkylation sites (tertiary alicyclic amines) is 1. The molecule has 0 aromatic carbocycles. The van der Waals surface area contributed by atoms with E-state index < -0.39 is 0 Å². The Morgan fingerprint density at radius 3 is 2.21 bits per heavy atom. The summed E-state index contributed by atoms with van der Waals surface area (Å²) < 4.78 is 11.3. The summed E-state index contributed by atoms with van der Waals surface area (Å²) in [6, 6.07) is 0. The molecule has 0 spiro atoms. The molecule has 0 saturated carbocycles. The molecule has 0 aliphatic carbocycles. The number of hydrogen-bond donors (Lipinski definition) is 0. The topological polar surface area (TPSA) is 21.7 Å². The molecule has 114 valence electrons. The van der Waals surface area contributed by atoms with E-state index in [2.05, 4.69) is 25.7 Å². The summed E-state index contributed by atoms with van der Waals surface area (Å²) in [5.74, 6) is 0.843. The minimum atomic E-state index is -0.0545. The van der Waals surface area contributed by atoms with Crippen LogP contribution in [0.25, 0.3) is 0 Å². The van der Waals surface area contributed by atoms with Gasteiger partial charge in [-0.3, -0.25) is 4.90 Å². The lowest BCUT2D eigenvalue weighted by Crippen LogP contribution is -2.36. The van der Waals surface area contributed by atoms with Crippen LogP contribution in [0.4, 0.5) is 0 Å². The second-order valence-corrected chi connectivity index (χ2v) is 6.63. The molecule has 19 heavy (non-hydrogen) atoms. The summed E-state index contributed by atoms with van der Waals surface area (Å²) in [4.78, 5) is 2.52. The van der Waals surface area contributed by atoms with Gasteiger partial charge >= 0.3 is 0 Å². The first kappa shape index (κ1) is 16.9. The predicted molar refractivity (Wildman–Crippen MR) is 80.3 cm³/mol. The molecule has 0 radical (unpaired) electrons. The maximum atomic E-state index is 5.66. The first-order valence-corrected chi connectivity index (χ1v) is 7.93. The number of hydrogen-bond acceptors (Lipinski definition) is 3. The van der Waals surface area contributed by atoms with Gasteiger partial charge in [-0.25, -0.2) is 0 Å². The highest BCUT2D eigenvalue weighted by atomic mass is 16.7. The molecule has 1 atom stereocenters. The molecule has 0 amide bonds. The maximum Gasteiger partial charge on any atom is 0.170 e. The zero-order valence-electron chi connectivity index (χ0n) is 13.6. The average Bonchev–Trinajstić information content (AvgIpc) is 2.54. The first-order chi connectivity index (χ1) is 8.97. The molecule has 3 nitrogen and oxygen atoms in total. The van der Waals surface area contributed by atoms with Gasteiger partial charge in [-0.05, 0) is 57.5 Å². The summed E-state index contributed by atoms with van der Waals surface area (Å²) in [6.07, 6.45) is 3.90. The van der Waals surface area contributed by atoms with Crippen molar-refractivity contribution >= 4 is 0 Å². The van der Waals surface area contributed by atoms with Crippen LogP contribution in [-0.2, 0) is 9.47 Å². The molecule has 0 N–H and O–H groups in total. The van der Waals surface area contributed by atoms with Gasteiger partial charge in [0.05, 0.1) is 0 Å². The molecule has 0 bridgehead atoms. The lowest BCUT2D eigenvalue weighted by Gasteiger charge is -2.30. The molecule has 1 aliphatic rings. The second kappa shape index (κ2) is 8.23. The number of rotatable bonds is 6. The van der Waals surface area contributed by atoms with E-state index >= 15 is 0 Å². The van der Waals surface area contributed by atoms with E-state index in [1.165, 1.54) is 32.4 Å². The van der Waals surface area contributed by atoms with Crippen LogP contribution in [0.5, 0.6) is 0 Å². The normalized spacial score (nSPS) is 22.7. The van der Waals surface area contributed by atoms with Crippen molar-refractivity contribution < 1.29 is 9.47 Å². The number of ether oxygens (including phenoxy) is 2. The smallest absolute Gasteiger partial charge is 0.170 e. The van der Waals surface area contributed by atoms with Crippen LogP contribution in [0.3, 0.4) is 0 Å². The van der Waals surface area contributed by atoms with Gasteiger partial charge in [-0.1, -0.05) is 20.8 Å². The fourth-order valence-corrected chi connectivity index (χ4v) is 2.94. The van der Waals surface area contributed by atoms with Crippen molar-refractivity contribution in [3.05, 3.63) is 0 Å². The minimum Gasteiger partial charge on any atom is -0.352 e. The van der Waals surface area contributed by atoms with Crippen LogP contribution in [-0.4, -0.2) is 44.0 Å². The van der Waals surface area contributed by atoms with Crippen LogP contribution in [0.2, 0.25) is 0 Å². The summed E-state index contributed by atoms with van der Waals surface area (Å²) in [5, 5.41) is 0. The Kier molecular flexibility index (Phi) is 7.33. The van der Waals surface area contributed by atoms with E-state index in [4.69, 9.17) is 9.47 Å². The Balaban J connectivity index is 2.43. The van der Waals surface area contributed by atoms with Crippen molar-refractivity contribution in [2.75, 3.05) is 32.8 Å². The second-order valence-electron chi connectivity index (χ2n) is 6.63. The van der Waals surface area contributed by atoms with Crippen LogP contribution < -0.4 is 0 Å². The Hall–Kier alpha value is -0.120. The van der Waals surface area contributed by atoms with Gasteiger partial charge in [0.25, 0.3) is 0 Å². The van der Waals surface area contributed by atoms with Gasteiger partial charge in [-0.2, -0.15) is 0 Å². The van der Waals surface area contributed by atoms with Gasteiger partial charge < -0.3 is 9.47 Å². The SMILES string of the molecule is CCOC(CN1CCCC(C(C)(C)C)CC1)OCC. The number of nitrogens with zero attached hydrogens (tertiary/aromatic N) is 1. The van der Waals surface area contributed by atoms with Crippen LogP contribution >= 0.6 is 0 Å². The van der Waals surface area contributed by atoms with Crippen molar-refractivity contribution in [2.24, 2.45) is 11.3 Å². The standard InChI is InChI=1S/C16H33NO2/c1-6-18-15(19-7-2)13-17-11-8-9-14(10-12-17)16(3,4)5/h14-15H,6-13H2,1-5H3. The van der Waals surface area contributed by atoms with Crippen LogP contribution in [0.15, 0.2) is 0 Å². The quantitative estimate of drug-likeness (QED) is 0.690. The van der Waals surface area contributed by atoms with Gasteiger partial charge in [0.1, 0.15) is 0 Å². The molecule has 1 heterocycles. The third-order valence-electron chi connectivity index (χ3n) is 4.16. The van der Waals surface area contributed by atoms with E-state index in [9.17, 15) is 0 Å². The highest BCUT2D eigenvalue weighted by Gasteiger charge is 2.27. The van der Waals surface area contributed by atoms with E-state index in [0.717, 1.165) is 25.7 Å². The molecular weight excluding hydrogens is 238 g/mol. The monoisotopic (exact) mass is 271 g/mol. The van der Waals surface area contributed by atoms with E-state index in [0.29, 0.717) is 5.41 Å². The lowest BCUT2D eigenvalue weighted by molar-refractivity contribution is -0.147. The van der Waals surface area contributed by atoms with Crippen molar-refractivity contribution in [3.63, 3.8) is 0 Å². The van der Waals surface area contributed by atoms with Gasteiger partial charge in [0.15, 0.2) is 6.29 Å². The van der Waals surface area contributed by atoms with Crippen molar-refractivity contribution in [2.45, 2.75) is 60.2 Å². The lowest BCUT2D eigenvalue weighted by atomic mass is 9.77. The molecule has 1 fully saturated rings. The summed E-state index contributed by atoms with van der Waals surface area (Å²) in [7, 11) is 0. The summed E-state index contributed by atoms with van der Waals surface area (Å²) in [6.45, 7) is 15.9. The fraction of sp³-hybridized carbons (Fsp3) is 1.00. The summed E-state index contributed by atoms with van der Waals surface area (Å²) in [5.41, 5.74) is 0.440. The molecule has 0 aromatic rings. The average molecular weight is 271 g/mol. The van der Waals surface area contributed by atoms with Crippen molar-refractivity contribution in [1.82, 2.24) is 4.90 Å². The van der Waals surface area contributed by atoms with Crippen molar-refractivity contribution in [1.29, 1.82) is 0 Å². The van der Waals surface area contributed by atoms with Gasteiger partial charge in [0.2, 0.25) is 0 Å². The molecule has 1 saturated heterocycles. The highest BCUT2D eigenvalue weighted by molar-refractivity contribution is 4.79. The Morgan fingerprint density at radius 2 is 1.68 bits per heavy atom. The molecule has 3 heteroatoms. The predicted octanol–water partition coefficient (Wildman–Crippen LogP) is 3.53. The van der Waals surface area contributed by atoms with Crippen LogP contribution in [0, 0.1) is 11.3 Å². The van der Waals surface area contributed by atoms with Crippen LogP contribution in [0.1, 0.15) is 53.9 Å². The maximum absolute atomic E-state index is 5.66. The highest BCUT2D eigenvalue weighted by Crippen LogP contribution is 2.34. The minimum absolute atomic E-state index is 0.0545. The Morgan fingerprint density at radius 1 is 1.05 bits per heavy atom. The molecular formula is C16H33NO2. The molecule has 1 aliphatic heterocycles. The Labute approximate surface area is 119 Å². The van der Waals surface area contributed by atoms with Gasteiger partial charge in [-0.15, -0.1) is 0 Å². The van der Waals surface area contributed by atoms with Crippen molar-refractivity contribution in [3.8, 4) is 0 Å². The third-order valence-corrected chi connectivity index (χ3v) is 4.16. The molecule has 1 rings (SSSR count). The van der Waals surface area contributed by atoms with Gasteiger partial charge in [0, 0.05) is 19.8 Å². The third kappa shape index (κ3) is 6.24. The zero-order valence-corrected chi connectivity index (χ0v) is 13.6. The Bertz CT molecular complexity index is 231. The molecule has 0 aromatic heterocycles. The van der Waals surface area contributed by atoms with E-state index in [-0.39, 0.29) is 6.29 Å². The zero-order chi connectivity index (χ0) is 14.3. The van der Waals surface area contributed by atoms with E-state index in [1.54, 1.807) is 0 Å². The van der Waals surface area contributed by atoms with E-state index in [1.807, 2.05) is 13.8 Å². The fourth-order valence-electron chi connectivity index (χ4n) is 2.94.